The minimum atomic E-state index is -0.645. The Kier molecular flexibility index (Phi) is 11.9. The lowest BCUT2D eigenvalue weighted by molar-refractivity contribution is -0.141. The fourth-order valence-corrected chi connectivity index (χ4v) is 4.24. The summed E-state index contributed by atoms with van der Waals surface area (Å²) in [5.41, 5.74) is 3.04. The van der Waals surface area contributed by atoms with Crippen LogP contribution >= 0.6 is 0 Å². The molecule has 0 unspecified atom stereocenters. The number of carbonyl (C=O) groups excluding carboxylic acids is 2. The molecule has 202 valence electrons. The smallest absolute Gasteiger partial charge is 0.243 e. The van der Waals surface area contributed by atoms with Crippen LogP contribution in [0.5, 0.6) is 5.75 Å². The number of amides is 2. The van der Waals surface area contributed by atoms with Crippen molar-refractivity contribution in [3.05, 3.63) is 102 Å². The summed E-state index contributed by atoms with van der Waals surface area (Å²) < 4.78 is 10.9. The molecule has 38 heavy (non-hydrogen) atoms. The summed E-state index contributed by atoms with van der Waals surface area (Å²) in [7, 11) is 1.63. The Balaban J connectivity index is 1.82. The van der Waals surface area contributed by atoms with Crippen molar-refractivity contribution in [3.63, 3.8) is 0 Å². The highest BCUT2D eigenvalue weighted by Crippen LogP contribution is 2.19. The molecule has 3 rings (SSSR count). The number of ether oxygens (including phenoxy) is 2. The molecule has 0 heterocycles. The Morgan fingerprint density at radius 3 is 2.08 bits per heavy atom. The van der Waals surface area contributed by atoms with Crippen molar-refractivity contribution < 1.29 is 19.1 Å². The molecular formula is C32H40N2O4. The van der Waals surface area contributed by atoms with Crippen LogP contribution in [0.25, 0.3) is 0 Å². The minimum Gasteiger partial charge on any atom is -0.497 e. The van der Waals surface area contributed by atoms with Crippen molar-refractivity contribution in [1.29, 1.82) is 0 Å². The summed E-state index contributed by atoms with van der Waals surface area (Å²) in [5, 5.41) is 3.06. The lowest BCUT2D eigenvalue weighted by Crippen LogP contribution is -2.50. The van der Waals surface area contributed by atoms with Gasteiger partial charge in [0.15, 0.2) is 0 Å². The van der Waals surface area contributed by atoms with E-state index < -0.39 is 6.04 Å². The first kappa shape index (κ1) is 28.9. The molecule has 2 amide bonds. The predicted octanol–water partition coefficient (Wildman–Crippen LogP) is 5.20. The van der Waals surface area contributed by atoms with Crippen molar-refractivity contribution >= 4 is 11.8 Å². The van der Waals surface area contributed by atoms with Crippen molar-refractivity contribution in [2.45, 2.75) is 58.2 Å². The monoisotopic (exact) mass is 516 g/mol. The zero-order valence-corrected chi connectivity index (χ0v) is 22.8. The van der Waals surface area contributed by atoms with Gasteiger partial charge in [-0.15, -0.1) is 0 Å². The molecule has 0 radical (unpaired) electrons. The zero-order valence-electron chi connectivity index (χ0n) is 22.8. The van der Waals surface area contributed by atoms with Gasteiger partial charge < -0.3 is 19.7 Å². The molecule has 6 heteroatoms. The highest BCUT2D eigenvalue weighted by Gasteiger charge is 2.30. The lowest BCUT2D eigenvalue weighted by atomic mass is 10.0. The summed E-state index contributed by atoms with van der Waals surface area (Å²) >= 11 is 0. The van der Waals surface area contributed by atoms with Gasteiger partial charge in [0.1, 0.15) is 11.8 Å². The average Bonchev–Trinajstić information content (AvgIpc) is 2.94. The van der Waals surface area contributed by atoms with Crippen molar-refractivity contribution in [1.82, 2.24) is 10.2 Å². The second kappa shape index (κ2) is 15.6. The standard InChI is InChI=1S/C32H40N2O4/c1-25(2)38-22-10-21-33-32(36)30(23-27-13-8-5-9-14-27)34(24-28-15-18-29(37-3)19-16-28)31(35)20-17-26-11-6-4-7-12-26/h4-9,11-16,18-19,25,30H,10,17,20-24H2,1-3H3,(H,33,36)/t30-/m0/s1. The highest BCUT2D eigenvalue weighted by molar-refractivity contribution is 5.88. The van der Waals surface area contributed by atoms with E-state index in [0.29, 0.717) is 45.4 Å². The van der Waals surface area contributed by atoms with Crippen molar-refractivity contribution in [2.24, 2.45) is 0 Å². The highest BCUT2D eigenvalue weighted by atomic mass is 16.5. The van der Waals surface area contributed by atoms with Crippen LogP contribution in [-0.4, -0.2) is 49.1 Å². The number of benzene rings is 3. The Morgan fingerprint density at radius 1 is 0.842 bits per heavy atom. The minimum absolute atomic E-state index is 0.0520. The van der Waals surface area contributed by atoms with E-state index >= 15 is 0 Å². The normalized spacial score (nSPS) is 11.7. The third kappa shape index (κ3) is 9.67. The number of nitrogens with zero attached hydrogens (tertiary/aromatic N) is 1. The number of methoxy groups -OCH3 is 1. The summed E-state index contributed by atoms with van der Waals surface area (Å²) in [6.45, 7) is 5.39. The first-order chi connectivity index (χ1) is 18.5. The van der Waals surface area contributed by atoms with Gasteiger partial charge in [0.25, 0.3) is 0 Å². The summed E-state index contributed by atoms with van der Waals surface area (Å²) in [5.74, 6) is 0.543. The van der Waals surface area contributed by atoms with Gasteiger partial charge >= 0.3 is 0 Å². The van der Waals surface area contributed by atoms with Crippen LogP contribution in [0.15, 0.2) is 84.9 Å². The number of nitrogens with one attached hydrogen (secondary N) is 1. The lowest BCUT2D eigenvalue weighted by Gasteiger charge is -2.32. The SMILES string of the molecule is COc1ccc(CN(C(=O)CCc2ccccc2)[C@@H](Cc2ccccc2)C(=O)NCCCOC(C)C)cc1. The van der Waals surface area contributed by atoms with E-state index in [4.69, 9.17) is 9.47 Å². The van der Waals surface area contributed by atoms with Gasteiger partial charge in [-0.3, -0.25) is 9.59 Å². The van der Waals surface area contributed by atoms with Gasteiger partial charge in [0.2, 0.25) is 11.8 Å². The van der Waals surface area contributed by atoms with Crippen LogP contribution in [0.2, 0.25) is 0 Å². The molecule has 0 aliphatic rings. The van der Waals surface area contributed by atoms with Crippen molar-refractivity contribution in [2.75, 3.05) is 20.3 Å². The van der Waals surface area contributed by atoms with Gasteiger partial charge in [-0.05, 0) is 55.5 Å². The van der Waals surface area contributed by atoms with E-state index in [1.807, 2.05) is 98.8 Å². The molecule has 3 aromatic rings. The maximum atomic E-state index is 13.7. The summed E-state index contributed by atoms with van der Waals surface area (Å²) in [6.07, 6.45) is 2.23. The van der Waals surface area contributed by atoms with Gasteiger partial charge in [-0.2, -0.15) is 0 Å². The molecule has 0 spiro atoms. The second-order valence-corrected chi connectivity index (χ2v) is 9.62. The topological polar surface area (TPSA) is 67.9 Å². The first-order valence-corrected chi connectivity index (χ1v) is 13.4. The molecule has 1 atom stereocenters. The van der Waals surface area contributed by atoms with Gasteiger partial charge in [-0.25, -0.2) is 0 Å². The molecule has 0 bridgehead atoms. The van der Waals surface area contributed by atoms with Gasteiger partial charge in [0.05, 0.1) is 13.2 Å². The van der Waals surface area contributed by atoms with Crippen LogP contribution in [0.3, 0.4) is 0 Å². The molecule has 6 nitrogen and oxygen atoms in total. The molecule has 0 fully saturated rings. The van der Waals surface area contributed by atoms with E-state index in [1.165, 1.54) is 0 Å². The van der Waals surface area contributed by atoms with Crippen LogP contribution in [0.1, 0.15) is 43.4 Å². The molecule has 0 aromatic heterocycles. The maximum Gasteiger partial charge on any atom is 0.243 e. The fraction of sp³-hybridized carbons (Fsp3) is 0.375. The largest absolute Gasteiger partial charge is 0.497 e. The number of carbonyl (C=O) groups is 2. The fourth-order valence-electron chi connectivity index (χ4n) is 4.24. The molecule has 1 N–H and O–H groups in total. The predicted molar refractivity (Wildman–Crippen MR) is 151 cm³/mol. The number of hydrogen-bond acceptors (Lipinski definition) is 4. The molecule has 0 aliphatic carbocycles. The molecular weight excluding hydrogens is 476 g/mol. The number of rotatable bonds is 15. The Bertz CT molecular complexity index is 1100. The molecule has 3 aromatic carbocycles. The second-order valence-electron chi connectivity index (χ2n) is 9.62. The summed E-state index contributed by atoms with van der Waals surface area (Å²) in [6, 6.07) is 26.8. The van der Waals surface area contributed by atoms with Crippen LogP contribution < -0.4 is 10.1 Å². The average molecular weight is 517 g/mol. The van der Waals surface area contributed by atoms with E-state index in [9.17, 15) is 9.59 Å². The first-order valence-electron chi connectivity index (χ1n) is 13.4. The zero-order chi connectivity index (χ0) is 27.2. The molecule has 0 aliphatic heterocycles. The molecule has 0 saturated heterocycles. The summed E-state index contributed by atoms with van der Waals surface area (Å²) in [4.78, 5) is 29.1. The Hall–Kier alpha value is -3.64. The Labute approximate surface area is 227 Å². The molecule has 0 saturated carbocycles. The van der Waals surface area contributed by atoms with E-state index in [-0.39, 0.29) is 17.9 Å². The van der Waals surface area contributed by atoms with E-state index in [0.717, 1.165) is 22.4 Å². The van der Waals surface area contributed by atoms with E-state index in [1.54, 1.807) is 12.0 Å². The quantitative estimate of drug-likeness (QED) is 0.282. The Morgan fingerprint density at radius 2 is 1.47 bits per heavy atom. The van der Waals surface area contributed by atoms with Crippen LogP contribution in [-0.2, 0) is 33.7 Å². The number of hydrogen-bond donors (Lipinski definition) is 1. The van der Waals surface area contributed by atoms with Crippen LogP contribution in [0, 0.1) is 0 Å². The van der Waals surface area contributed by atoms with Gasteiger partial charge in [0, 0.05) is 32.5 Å². The number of aryl methyl sites for hydroxylation is 1. The maximum absolute atomic E-state index is 13.7. The van der Waals surface area contributed by atoms with Crippen molar-refractivity contribution in [3.8, 4) is 5.75 Å². The van der Waals surface area contributed by atoms with Gasteiger partial charge in [-0.1, -0.05) is 72.8 Å². The van der Waals surface area contributed by atoms with Crippen LogP contribution in [0.4, 0.5) is 0 Å². The van der Waals surface area contributed by atoms with E-state index in [2.05, 4.69) is 5.32 Å². The third-order valence-electron chi connectivity index (χ3n) is 6.32. The third-order valence-corrected chi connectivity index (χ3v) is 6.32.